The van der Waals surface area contributed by atoms with E-state index >= 15 is 0 Å². The Kier molecular flexibility index (Phi) is 3.73. The maximum absolute atomic E-state index is 12.0. The fraction of sp³-hybridized carbons (Fsp3) is 0.250. The number of aromatic amines is 2. The number of amides is 1. The minimum absolute atomic E-state index is 0.0380. The van der Waals surface area contributed by atoms with Crippen molar-refractivity contribution >= 4 is 16.8 Å². The van der Waals surface area contributed by atoms with Gasteiger partial charge >= 0.3 is 0 Å². The Morgan fingerprint density at radius 1 is 1.33 bits per heavy atom. The number of imidazole rings is 1. The van der Waals surface area contributed by atoms with E-state index in [1.54, 1.807) is 6.20 Å². The summed E-state index contributed by atoms with van der Waals surface area (Å²) in [6, 6.07) is 8.01. The van der Waals surface area contributed by atoms with Crippen molar-refractivity contribution in [3.63, 3.8) is 0 Å². The van der Waals surface area contributed by atoms with E-state index in [4.69, 9.17) is 0 Å². The fourth-order valence-electron chi connectivity index (χ4n) is 2.45. The lowest BCUT2D eigenvalue weighted by Gasteiger charge is -2.03. The van der Waals surface area contributed by atoms with Crippen LogP contribution in [0, 0.1) is 6.92 Å². The van der Waals surface area contributed by atoms with Gasteiger partial charge in [-0.1, -0.05) is 18.2 Å². The zero-order chi connectivity index (χ0) is 14.7. The number of hydrogen-bond acceptors (Lipinski definition) is 2. The normalized spacial score (nSPS) is 10.9. The van der Waals surface area contributed by atoms with E-state index in [1.807, 2.05) is 37.4 Å². The molecule has 0 bridgehead atoms. The summed E-state index contributed by atoms with van der Waals surface area (Å²) in [5.74, 6) is 0.936. The molecular weight excluding hydrogens is 264 g/mol. The zero-order valence-electron chi connectivity index (χ0n) is 11.9. The predicted molar refractivity (Wildman–Crippen MR) is 82.0 cm³/mol. The molecule has 2 aromatic heterocycles. The summed E-state index contributed by atoms with van der Waals surface area (Å²) in [5, 5.41) is 4.05. The molecule has 0 aliphatic rings. The lowest BCUT2D eigenvalue weighted by atomic mass is 10.1. The van der Waals surface area contributed by atoms with Crippen LogP contribution in [0.2, 0.25) is 0 Å². The molecule has 5 nitrogen and oxygen atoms in total. The van der Waals surface area contributed by atoms with E-state index in [0.717, 1.165) is 34.4 Å². The van der Waals surface area contributed by atoms with Crippen molar-refractivity contribution in [2.45, 2.75) is 19.8 Å². The van der Waals surface area contributed by atoms with Gasteiger partial charge in [0.05, 0.1) is 6.42 Å². The van der Waals surface area contributed by atoms with E-state index in [1.165, 1.54) is 0 Å². The first-order chi connectivity index (χ1) is 10.2. The van der Waals surface area contributed by atoms with E-state index in [9.17, 15) is 4.79 Å². The Bertz CT molecular complexity index is 756. The van der Waals surface area contributed by atoms with Crippen LogP contribution in [-0.4, -0.2) is 27.4 Å². The van der Waals surface area contributed by atoms with E-state index < -0.39 is 0 Å². The zero-order valence-corrected chi connectivity index (χ0v) is 11.9. The van der Waals surface area contributed by atoms with Gasteiger partial charge in [0.1, 0.15) is 5.82 Å². The number of nitrogens with one attached hydrogen (secondary N) is 3. The first kappa shape index (κ1) is 13.4. The standard InChI is InChI=1S/C16H18N4O/c1-11-18-10-13(20-11)6-7-17-16(21)8-12-9-19-15-5-3-2-4-14(12)15/h2-5,9-10,19H,6-8H2,1H3,(H,17,21)(H,18,20). The molecule has 0 spiro atoms. The van der Waals surface area contributed by atoms with Gasteiger partial charge in [0.15, 0.2) is 0 Å². The summed E-state index contributed by atoms with van der Waals surface area (Å²) >= 11 is 0. The minimum atomic E-state index is 0.0380. The highest BCUT2D eigenvalue weighted by Crippen LogP contribution is 2.17. The molecule has 2 heterocycles. The molecule has 21 heavy (non-hydrogen) atoms. The third-order valence-electron chi connectivity index (χ3n) is 3.50. The summed E-state index contributed by atoms with van der Waals surface area (Å²) < 4.78 is 0. The molecule has 0 fully saturated rings. The molecule has 0 saturated heterocycles. The number of hydrogen-bond donors (Lipinski definition) is 3. The molecule has 0 aliphatic heterocycles. The second-order valence-corrected chi connectivity index (χ2v) is 5.13. The molecule has 1 amide bonds. The molecule has 0 saturated carbocycles. The third-order valence-corrected chi connectivity index (χ3v) is 3.50. The largest absolute Gasteiger partial charge is 0.361 e. The van der Waals surface area contributed by atoms with Gasteiger partial charge in [-0.15, -0.1) is 0 Å². The number of benzene rings is 1. The molecule has 0 unspecified atom stereocenters. The van der Waals surface area contributed by atoms with Crippen LogP contribution in [0.3, 0.4) is 0 Å². The second kappa shape index (κ2) is 5.83. The Morgan fingerprint density at radius 2 is 2.19 bits per heavy atom. The number of aromatic nitrogens is 3. The van der Waals surface area contributed by atoms with Crippen molar-refractivity contribution in [1.29, 1.82) is 0 Å². The maximum atomic E-state index is 12.0. The molecule has 0 aliphatic carbocycles. The van der Waals surface area contributed by atoms with Crippen molar-refractivity contribution in [1.82, 2.24) is 20.3 Å². The summed E-state index contributed by atoms with van der Waals surface area (Å²) in [6.07, 6.45) is 4.87. The van der Waals surface area contributed by atoms with Crippen LogP contribution in [0.15, 0.2) is 36.7 Å². The molecule has 0 radical (unpaired) electrons. The molecule has 0 atom stereocenters. The van der Waals surface area contributed by atoms with Gasteiger partial charge in [0.2, 0.25) is 5.91 Å². The van der Waals surface area contributed by atoms with Crippen LogP contribution in [0.5, 0.6) is 0 Å². The predicted octanol–water partition coefficient (Wildman–Crippen LogP) is 2.10. The number of nitrogens with zero attached hydrogens (tertiary/aromatic N) is 1. The molecule has 1 aromatic carbocycles. The molecular formula is C16H18N4O. The average molecular weight is 282 g/mol. The Morgan fingerprint density at radius 3 is 3.00 bits per heavy atom. The lowest BCUT2D eigenvalue weighted by molar-refractivity contribution is -0.120. The highest BCUT2D eigenvalue weighted by atomic mass is 16.1. The maximum Gasteiger partial charge on any atom is 0.224 e. The van der Waals surface area contributed by atoms with Crippen LogP contribution < -0.4 is 5.32 Å². The summed E-state index contributed by atoms with van der Waals surface area (Å²) in [5.41, 5.74) is 3.13. The molecule has 108 valence electrons. The average Bonchev–Trinajstić information content (AvgIpc) is 3.06. The Balaban J connectivity index is 1.54. The minimum Gasteiger partial charge on any atom is -0.361 e. The molecule has 3 N–H and O–H groups in total. The van der Waals surface area contributed by atoms with E-state index in [0.29, 0.717) is 13.0 Å². The van der Waals surface area contributed by atoms with Gasteiger partial charge in [0.25, 0.3) is 0 Å². The van der Waals surface area contributed by atoms with Gasteiger partial charge in [-0.2, -0.15) is 0 Å². The van der Waals surface area contributed by atoms with Gasteiger partial charge < -0.3 is 15.3 Å². The second-order valence-electron chi connectivity index (χ2n) is 5.13. The number of carbonyl (C=O) groups is 1. The third kappa shape index (κ3) is 3.13. The van der Waals surface area contributed by atoms with Crippen molar-refractivity contribution in [3.8, 4) is 0 Å². The van der Waals surface area contributed by atoms with Crippen molar-refractivity contribution in [2.24, 2.45) is 0 Å². The number of aryl methyl sites for hydroxylation is 1. The highest BCUT2D eigenvalue weighted by Gasteiger charge is 2.08. The Labute approximate surface area is 122 Å². The van der Waals surface area contributed by atoms with Gasteiger partial charge in [-0.05, 0) is 18.6 Å². The molecule has 3 aromatic rings. The number of fused-ring (bicyclic) bond motifs is 1. The summed E-state index contributed by atoms with van der Waals surface area (Å²) in [4.78, 5) is 22.5. The number of H-pyrrole nitrogens is 2. The first-order valence-electron chi connectivity index (χ1n) is 7.04. The van der Waals surface area contributed by atoms with Gasteiger partial charge in [-0.3, -0.25) is 4.79 Å². The van der Waals surface area contributed by atoms with Crippen molar-refractivity contribution < 1.29 is 4.79 Å². The smallest absolute Gasteiger partial charge is 0.224 e. The fourth-order valence-corrected chi connectivity index (χ4v) is 2.45. The van der Waals surface area contributed by atoms with Crippen LogP contribution in [-0.2, 0) is 17.6 Å². The number of para-hydroxylation sites is 1. The SMILES string of the molecule is Cc1ncc(CCNC(=O)Cc2c[nH]c3ccccc23)[nH]1. The molecule has 5 heteroatoms. The van der Waals surface area contributed by atoms with Crippen LogP contribution in [0.1, 0.15) is 17.1 Å². The highest BCUT2D eigenvalue weighted by molar-refractivity contribution is 5.88. The van der Waals surface area contributed by atoms with Crippen LogP contribution in [0.4, 0.5) is 0 Å². The molecule has 3 rings (SSSR count). The van der Waals surface area contributed by atoms with E-state index in [-0.39, 0.29) is 5.91 Å². The summed E-state index contributed by atoms with van der Waals surface area (Å²) in [7, 11) is 0. The van der Waals surface area contributed by atoms with Gasteiger partial charge in [0, 0.05) is 42.0 Å². The summed E-state index contributed by atoms with van der Waals surface area (Å²) in [6.45, 7) is 2.53. The number of carbonyl (C=O) groups excluding carboxylic acids is 1. The van der Waals surface area contributed by atoms with Crippen molar-refractivity contribution in [3.05, 3.63) is 53.7 Å². The van der Waals surface area contributed by atoms with Crippen LogP contribution >= 0.6 is 0 Å². The van der Waals surface area contributed by atoms with Crippen LogP contribution in [0.25, 0.3) is 10.9 Å². The Hall–Kier alpha value is -2.56. The van der Waals surface area contributed by atoms with Crippen molar-refractivity contribution in [2.75, 3.05) is 6.54 Å². The quantitative estimate of drug-likeness (QED) is 0.670. The number of rotatable bonds is 5. The monoisotopic (exact) mass is 282 g/mol. The lowest BCUT2D eigenvalue weighted by Crippen LogP contribution is -2.27. The first-order valence-corrected chi connectivity index (χ1v) is 7.04. The topological polar surface area (TPSA) is 73.6 Å². The van der Waals surface area contributed by atoms with Gasteiger partial charge in [-0.25, -0.2) is 4.98 Å². The van der Waals surface area contributed by atoms with E-state index in [2.05, 4.69) is 20.3 Å².